The van der Waals surface area contributed by atoms with Crippen molar-refractivity contribution in [3.63, 3.8) is 0 Å². The van der Waals surface area contributed by atoms with Crippen molar-refractivity contribution in [2.75, 3.05) is 18.4 Å². The Balaban J connectivity index is 1.46. The zero-order chi connectivity index (χ0) is 15.6. The number of hydrogen-bond donors (Lipinski definition) is 2. The van der Waals surface area contributed by atoms with Gasteiger partial charge in [0, 0.05) is 17.6 Å². The molecule has 2 aromatic rings. The molecule has 1 amide bonds. The smallest absolute Gasteiger partial charge is 0.260 e. The highest BCUT2D eigenvalue weighted by atomic mass is 32.1. The lowest BCUT2D eigenvalue weighted by Crippen LogP contribution is -2.26. The minimum Gasteiger partial charge on any atom is -0.317 e. The number of aromatic nitrogens is 3. The third kappa shape index (κ3) is 3.03. The molecule has 0 atom stereocenters. The largest absolute Gasteiger partial charge is 0.317 e. The highest BCUT2D eigenvalue weighted by Crippen LogP contribution is 2.32. The second-order valence-corrected chi connectivity index (χ2v) is 7.29. The third-order valence-electron chi connectivity index (χ3n) is 4.71. The van der Waals surface area contributed by atoms with Crippen molar-refractivity contribution in [2.45, 2.75) is 44.6 Å². The van der Waals surface area contributed by atoms with Gasteiger partial charge in [-0.25, -0.2) is 4.98 Å². The van der Waals surface area contributed by atoms with Crippen molar-refractivity contribution < 1.29 is 4.79 Å². The highest BCUT2D eigenvalue weighted by molar-refractivity contribution is 7.15. The Labute approximate surface area is 139 Å². The standard InChI is InChI=1S/C16H21N5OS/c22-15(12-9-19-21-8-2-1-3-13(12)21)20-16-18-10-14(23-16)11-4-6-17-7-5-11/h9-11,17H,1-8H2,(H,18,20,22). The van der Waals surface area contributed by atoms with E-state index in [1.807, 2.05) is 10.9 Å². The summed E-state index contributed by atoms with van der Waals surface area (Å²) in [6.45, 7) is 3.04. The van der Waals surface area contributed by atoms with Crippen LogP contribution in [0, 0.1) is 0 Å². The third-order valence-corrected chi connectivity index (χ3v) is 5.79. The minimum atomic E-state index is -0.0839. The van der Waals surface area contributed by atoms with E-state index in [9.17, 15) is 4.79 Å². The fourth-order valence-electron chi connectivity index (χ4n) is 3.41. The van der Waals surface area contributed by atoms with Crippen molar-refractivity contribution in [1.82, 2.24) is 20.1 Å². The maximum Gasteiger partial charge on any atom is 0.260 e. The molecule has 1 saturated heterocycles. The van der Waals surface area contributed by atoms with Gasteiger partial charge in [-0.1, -0.05) is 0 Å². The summed E-state index contributed by atoms with van der Waals surface area (Å²) in [7, 11) is 0. The molecule has 0 aliphatic carbocycles. The molecule has 0 unspecified atom stereocenters. The van der Waals surface area contributed by atoms with Gasteiger partial charge in [-0.15, -0.1) is 11.3 Å². The van der Waals surface area contributed by atoms with Crippen LogP contribution >= 0.6 is 11.3 Å². The Morgan fingerprint density at radius 2 is 2.17 bits per heavy atom. The summed E-state index contributed by atoms with van der Waals surface area (Å²) in [6.07, 6.45) is 9.10. The van der Waals surface area contributed by atoms with Crippen molar-refractivity contribution in [3.05, 3.63) is 28.5 Å². The summed E-state index contributed by atoms with van der Waals surface area (Å²) in [6, 6.07) is 0. The van der Waals surface area contributed by atoms with Gasteiger partial charge in [0.15, 0.2) is 5.13 Å². The first-order chi connectivity index (χ1) is 11.3. The van der Waals surface area contributed by atoms with Crippen LogP contribution in [0.3, 0.4) is 0 Å². The Morgan fingerprint density at radius 3 is 3.04 bits per heavy atom. The molecular weight excluding hydrogens is 310 g/mol. The molecule has 4 heterocycles. The zero-order valence-electron chi connectivity index (χ0n) is 13.0. The van der Waals surface area contributed by atoms with Crippen molar-refractivity contribution in [3.8, 4) is 0 Å². The molecule has 0 bridgehead atoms. The number of carbonyl (C=O) groups excluding carboxylic acids is 1. The van der Waals surface area contributed by atoms with Crippen LogP contribution in [0.5, 0.6) is 0 Å². The molecule has 2 aromatic heterocycles. The molecule has 23 heavy (non-hydrogen) atoms. The Hall–Kier alpha value is -1.73. The molecule has 1 fully saturated rings. The molecule has 0 aromatic carbocycles. The zero-order valence-corrected chi connectivity index (χ0v) is 13.9. The molecular formula is C16H21N5OS. The van der Waals surface area contributed by atoms with E-state index < -0.39 is 0 Å². The van der Waals surface area contributed by atoms with Crippen molar-refractivity contribution in [1.29, 1.82) is 0 Å². The summed E-state index contributed by atoms with van der Waals surface area (Å²) >= 11 is 1.60. The van der Waals surface area contributed by atoms with Crippen LogP contribution in [0.1, 0.15) is 52.5 Å². The molecule has 6 nitrogen and oxygen atoms in total. The monoisotopic (exact) mass is 331 g/mol. The van der Waals surface area contributed by atoms with Gasteiger partial charge in [-0.3, -0.25) is 14.8 Å². The van der Waals surface area contributed by atoms with Gasteiger partial charge in [-0.2, -0.15) is 5.10 Å². The molecule has 0 radical (unpaired) electrons. The fourth-order valence-corrected chi connectivity index (χ4v) is 4.39. The Bertz CT molecular complexity index is 701. The van der Waals surface area contributed by atoms with Crippen LogP contribution in [-0.4, -0.2) is 33.8 Å². The Morgan fingerprint density at radius 1 is 1.30 bits per heavy atom. The van der Waals surface area contributed by atoms with E-state index in [0.29, 0.717) is 16.6 Å². The molecule has 7 heteroatoms. The maximum atomic E-state index is 12.5. The van der Waals surface area contributed by atoms with E-state index in [0.717, 1.165) is 57.4 Å². The molecule has 2 aliphatic rings. The van der Waals surface area contributed by atoms with E-state index in [1.165, 1.54) is 4.88 Å². The van der Waals surface area contributed by atoms with Crippen LogP contribution in [0.25, 0.3) is 0 Å². The number of hydrogen-bond acceptors (Lipinski definition) is 5. The summed E-state index contributed by atoms with van der Waals surface area (Å²) < 4.78 is 1.96. The number of fused-ring (bicyclic) bond motifs is 1. The van der Waals surface area contributed by atoms with Crippen LogP contribution in [0.15, 0.2) is 12.4 Å². The summed E-state index contributed by atoms with van der Waals surface area (Å²) in [5, 5.41) is 11.4. The highest BCUT2D eigenvalue weighted by Gasteiger charge is 2.22. The predicted octanol–water partition coefficient (Wildman–Crippen LogP) is 2.40. The first kappa shape index (κ1) is 14.8. The maximum absolute atomic E-state index is 12.5. The second kappa shape index (κ2) is 6.41. The Kier molecular flexibility index (Phi) is 4.13. The first-order valence-electron chi connectivity index (χ1n) is 8.34. The number of nitrogens with one attached hydrogen (secondary N) is 2. The number of thiazole rings is 1. The quantitative estimate of drug-likeness (QED) is 0.906. The molecule has 0 saturated carbocycles. The van der Waals surface area contributed by atoms with Gasteiger partial charge < -0.3 is 5.32 Å². The van der Waals surface area contributed by atoms with Crippen LogP contribution in [-0.2, 0) is 13.0 Å². The number of piperidine rings is 1. The van der Waals surface area contributed by atoms with Gasteiger partial charge in [0.25, 0.3) is 5.91 Å². The molecule has 2 aliphatic heterocycles. The number of aryl methyl sites for hydroxylation is 1. The van der Waals surface area contributed by atoms with Crippen molar-refractivity contribution in [2.24, 2.45) is 0 Å². The van der Waals surface area contributed by atoms with Crippen LogP contribution in [0.2, 0.25) is 0 Å². The normalized spacial score (nSPS) is 18.6. The van der Waals surface area contributed by atoms with E-state index in [4.69, 9.17) is 0 Å². The van der Waals surface area contributed by atoms with Crippen molar-refractivity contribution >= 4 is 22.4 Å². The number of amides is 1. The lowest BCUT2D eigenvalue weighted by molar-refractivity contribution is 0.102. The fraction of sp³-hybridized carbons (Fsp3) is 0.562. The molecule has 2 N–H and O–H groups in total. The van der Waals surface area contributed by atoms with Crippen LogP contribution in [0.4, 0.5) is 5.13 Å². The van der Waals surface area contributed by atoms with Crippen LogP contribution < -0.4 is 10.6 Å². The number of rotatable bonds is 3. The molecule has 0 spiro atoms. The van der Waals surface area contributed by atoms with Gasteiger partial charge in [0.2, 0.25) is 0 Å². The molecule has 122 valence electrons. The number of anilines is 1. The SMILES string of the molecule is O=C(Nc1ncc(C2CCNCC2)s1)c1cnn2c1CCCC2. The summed E-state index contributed by atoms with van der Waals surface area (Å²) in [5.41, 5.74) is 1.76. The van der Waals surface area contributed by atoms with Gasteiger partial charge in [0.05, 0.1) is 17.5 Å². The first-order valence-corrected chi connectivity index (χ1v) is 9.15. The lowest BCUT2D eigenvalue weighted by Gasteiger charge is -2.20. The second-order valence-electron chi connectivity index (χ2n) is 6.23. The van der Waals surface area contributed by atoms with E-state index in [-0.39, 0.29) is 5.91 Å². The van der Waals surface area contributed by atoms with E-state index in [2.05, 4.69) is 20.7 Å². The van der Waals surface area contributed by atoms with Gasteiger partial charge in [-0.05, 0) is 51.1 Å². The average molecular weight is 331 g/mol. The van der Waals surface area contributed by atoms with Gasteiger partial charge in [0.1, 0.15) is 0 Å². The van der Waals surface area contributed by atoms with Gasteiger partial charge >= 0.3 is 0 Å². The topological polar surface area (TPSA) is 71.8 Å². The lowest BCUT2D eigenvalue weighted by atomic mass is 9.97. The predicted molar refractivity (Wildman–Crippen MR) is 90.1 cm³/mol. The number of nitrogens with zero attached hydrogens (tertiary/aromatic N) is 3. The minimum absolute atomic E-state index is 0.0839. The van der Waals surface area contributed by atoms with E-state index in [1.54, 1.807) is 17.5 Å². The molecule has 4 rings (SSSR count). The summed E-state index contributed by atoms with van der Waals surface area (Å²) in [4.78, 5) is 18.2. The number of carbonyl (C=O) groups is 1. The van der Waals surface area contributed by atoms with E-state index >= 15 is 0 Å². The average Bonchev–Trinajstić information content (AvgIpc) is 3.22. The summed E-state index contributed by atoms with van der Waals surface area (Å²) in [5.74, 6) is 0.489.